The smallest absolute Gasteiger partial charge is 0.119 e. The number of benzene rings is 2. The molecule has 0 fully saturated rings. The number of ether oxygens (including phenoxy) is 1. The molecule has 0 amide bonds. The largest absolute Gasteiger partial charge is 0.494 e. The molecule has 0 N–H and O–H groups in total. The predicted molar refractivity (Wildman–Crippen MR) is 119 cm³/mol. The molecule has 0 bridgehead atoms. The lowest BCUT2D eigenvalue weighted by Crippen LogP contribution is -1.96. The first kappa shape index (κ1) is 22.1. The van der Waals surface area contributed by atoms with E-state index in [4.69, 9.17) is 4.74 Å². The molecule has 0 unspecified atom stereocenters. The third-order valence-electron chi connectivity index (χ3n) is 4.89. The van der Waals surface area contributed by atoms with Crippen molar-refractivity contribution in [3.05, 3.63) is 54.6 Å². The highest BCUT2D eigenvalue weighted by molar-refractivity contribution is 5.42. The Morgan fingerprint density at radius 3 is 1.64 bits per heavy atom. The summed E-state index contributed by atoms with van der Waals surface area (Å²) in [6.07, 6.45) is 14.9. The van der Waals surface area contributed by atoms with Gasteiger partial charge in [0.15, 0.2) is 0 Å². The van der Waals surface area contributed by atoms with Crippen LogP contribution in [0, 0.1) is 0 Å². The van der Waals surface area contributed by atoms with Crippen LogP contribution >= 0.6 is 0 Å². The summed E-state index contributed by atoms with van der Waals surface area (Å²) < 4.78 is 5.83. The molecule has 0 aromatic heterocycles. The zero-order chi connectivity index (χ0) is 19.7. The number of unbranched alkanes of at least 4 members (excludes halogenated alkanes) is 10. The van der Waals surface area contributed by atoms with Crippen LogP contribution in [0.25, 0.3) is 0 Å². The van der Waals surface area contributed by atoms with Gasteiger partial charge in [0.1, 0.15) is 5.75 Å². The molecule has 0 aliphatic rings. The highest BCUT2D eigenvalue weighted by atomic mass is 16.5. The molecule has 0 heterocycles. The van der Waals surface area contributed by atoms with E-state index in [1.54, 1.807) is 0 Å². The van der Waals surface area contributed by atoms with E-state index in [0.717, 1.165) is 30.2 Å². The van der Waals surface area contributed by atoms with Crippen molar-refractivity contribution in [2.45, 2.75) is 77.6 Å². The Balaban J connectivity index is 1.49. The first-order chi connectivity index (χ1) is 13.9. The van der Waals surface area contributed by atoms with Gasteiger partial charge in [0.05, 0.1) is 18.0 Å². The summed E-state index contributed by atoms with van der Waals surface area (Å²) >= 11 is 0. The second-order valence-electron chi connectivity index (χ2n) is 7.41. The molecule has 0 saturated heterocycles. The fourth-order valence-electron chi connectivity index (χ4n) is 3.18. The van der Waals surface area contributed by atoms with Crippen molar-refractivity contribution in [3.63, 3.8) is 0 Å². The van der Waals surface area contributed by atoms with E-state index < -0.39 is 0 Å². The third-order valence-corrected chi connectivity index (χ3v) is 4.89. The van der Waals surface area contributed by atoms with Crippen LogP contribution in [-0.4, -0.2) is 6.61 Å². The molecular weight excluding hydrogens is 344 g/mol. The molecule has 3 heteroatoms. The topological polar surface area (TPSA) is 34.0 Å². The molecule has 152 valence electrons. The lowest BCUT2D eigenvalue weighted by molar-refractivity contribution is 0.304. The van der Waals surface area contributed by atoms with Gasteiger partial charge in [-0.15, -0.1) is 0 Å². The highest BCUT2D eigenvalue weighted by Gasteiger charge is 1.97. The maximum Gasteiger partial charge on any atom is 0.119 e. The van der Waals surface area contributed by atoms with Crippen LogP contribution < -0.4 is 4.74 Å². The van der Waals surface area contributed by atoms with E-state index in [2.05, 4.69) is 17.2 Å². The monoisotopic (exact) mass is 380 g/mol. The second-order valence-corrected chi connectivity index (χ2v) is 7.41. The van der Waals surface area contributed by atoms with Gasteiger partial charge in [-0.25, -0.2) is 0 Å². The van der Waals surface area contributed by atoms with E-state index in [9.17, 15) is 0 Å². The average molecular weight is 381 g/mol. The Bertz CT molecular complexity index is 637. The molecule has 28 heavy (non-hydrogen) atoms. The summed E-state index contributed by atoms with van der Waals surface area (Å²) in [5.74, 6) is 0.908. The molecule has 2 aromatic rings. The number of nitrogens with zero attached hydrogens (tertiary/aromatic N) is 2. The number of azo groups is 1. The van der Waals surface area contributed by atoms with Crippen LogP contribution in [0.15, 0.2) is 64.8 Å². The fraction of sp³-hybridized carbons (Fsp3) is 0.520. The van der Waals surface area contributed by atoms with E-state index in [-0.39, 0.29) is 0 Å². The molecule has 0 aliphatic carbocycles. The number of hydrogen-bond donors (Lipinski definition) is 0. The average Bonchev–Trinajstić information content (AvgIpc) is 2.74. The predicted octanol–water partition coefficient (Wildman–Crippen LogP) is 8.79. The molecule has 0 saturated carbocycles. The Morgan fingerprint density at radius 2 is 1.07 bits per heavy atom. The maximum atomic E-state index is 5.83. The maximum absolute atomic E-state index is 5.83. The van der Waals surface area contributed by atoms with Gasteiger partial charge in [-0.2, -0.15) is 10.2 Å². The quantitative estimate of drug-likeness (QED) is 0.224. The summed E-state index contributed by atoms with van der Waals surface area (Å²) in [6.45, 7) is 3.07. The SMILES string of the molecule is CCCCCCCCCCCCCOc1ccc(/N=N/c2ccccc2)cc1. The van der Waals surface area contributed by atoms with Crippen molar-refractivity contribution in [3.8, 4) is 5.75 Å². The number of hydrogen-bond acceptors (Lipinski definition) is 3. The van der Waals surface area contributed by atoms with Crippen molar-refractivity contribution >= 4 is 11.4 Å². The summed E-state index contributed by atoms with van der Waals surface area (Å²) in [6, 6.07) is 17.6. The number of rotatable bonds is 15. The second kappa shape index (κ2) is 14.8. The van der Waals surface area contributed by atoms with Crippen molar-refractivity contribution in [1.82, 2.24) is 0 Å². The van der Waals surface area contributed by atoms with Crippen LogP contribution in [0.2, 0.25) is 0 Å². The van der Waals surface area contributed by atoms with Crippen LogP contribution in [-0.2, 0) is 0 Å². The molecule has 0 atom stereocenters. The van der Waals surface area contributed by atoms with Crippen molar-refractivity contribution < 1.29 is 4.74 Å². The normalized spacial score (nSPS) is 11.2. The summed E-state index contributed by atoms with van der Waals surface area (Å²) in [5.41, 5.74) is 1.70. The Hall–Kier alpha value is -2.16. The molecule has 3 nitrogen and oxygen atoms in total. The van der Waals surface area contributed by atoms with Gasteiger partial charge in [-0.1, -0.05) is 89.3 Å². The zero-order valence-corrected chi connectivity index (χ0v) is 17.5. The van der Waals surface area contributed by atoms with Gasteiger partial charge in [0.25, 0.3) is 0 Å². The van der Waals surface area contributed by atoms with Crippen molar-refractivity contribution in [2.24, 2.45) is 10.2 Å². The van der Waals surface area contributed by atoms with E-state index >= 15 is 0 Å². The van der Waals surface area contributed by atoms with Crippen molar-refractivity contribution in [1.29, 1.82) is 0 Å². The van der Waals surface area contributed by atoms with Crippen LogP contribution in [0.4, 0.5) is 11.4 Å². The molecule has 0 spiro atoms. The molecule has 2 rings (SSSR count). The zero-order valence-electron chi connectivity index (χ0n) is 17.5. The van der Waals surface area contributed by atoms with Gasteiger partial charge in [0.2, 0.25) is 0 Å². The van der Waals surface area contributed by atoms with Crippen molar-refractivity contribution in [2.75, 3.05) is 6.61 Å². The molecule has 0 aliphatic heterocycles. The lowest BCUT2D eigenvalue weighted by atomic mass is 10.1. The standard InChI is InChI=1S/C25H36N2O/c1-2-3-4-5-6-7-8-9-10-11-15-22-28-25-20-18-24(19-21-25)27-26-23-16-13-12-14-17-23/h12-14,16-21H,2-11,15,22H2,1H3/b27-26+. The Kier molecular flexibility index (Phi) is 11.7. The minimum atomic E-state index is 0.794. The van der Waals surface area contributed by atoms with Crippen LogP contribution in [0.5, 0.6) is 5.75 Å². The van der Waals surface area contributed by atoms with E-state index in [1.165, 1.54) is 64.2 Å². The lowest BCUT2D eigenvalue weighted by Gasteiger charge is -2.06. The summed E-state index contributed by atoms with van der Waals surface area (Å²) in [7, 11) is 0. The summed E-state index contributed by atoms with van der Waals surface area (Å²) in [5, 5.41) is 8.48. The van der Waals surface area contributed by atoms with E-state index in [0.29, 0.717) is 0 Å². The van der Waals surface area contributed by atoms with Gasteiger partial charge < -0.3 is 4.74 Å². The Labute approximate surface area is 171 Å². The van der Waals surface area contributed by atoms with Crippen LogP contribution in [0.1, 0.15) is 77.6 Å². The molecule has 2 aromatic carbocycles. The first-order valence-corrected chi connectivity index (χ1v) is 11.1. The van der Waals surface area contributed by atoms with Gasteiger partial charge >= 0.3 is 0 Å². The minimum absolute atomic E-state index is 0.794. The highest BCUT2D eigenvalue weighted by Crippen LogP contribution is 2.21. The van der Waals surface area contributed by atoms with Gasteiger partial charge in [-0.05, 0) is 42.8 Å². The molecule has 0 radical (unpaired) electrons. The van der Waals surface area contributed by atoms with E-state index in [1.807, 2.05) is 54.6 Å². The fourth-order valence-corrected chi connectivity index (χ4v) is 3.18. The van der Waals surface area contributed by atoms with Crippen LogP contribution in [0.3, 0.4) is 0 Å². The molecular formula is C25H36N2O. The van der Waals surface area contributed by atoms with Gasteiger partial charge in [-0.3, -0.25) is 0 Å². The first-order valence-electron chi connectivity index (χ1n) is 11.1. The summed E-state index contributed by atoms with van der Waals surface area (Å²) in [4.78, 5) is 0. The Morgan fingerprint density at radius 1 is 0.571 bits per heavy atom. The van der Waals surface area contributed by atoms with Gasteiger partial charge in [0, 0.05) is 0 Å². The minimum Gasteiger partial charge on any atom is -0.494 e. The third kappa shape index (κ3) is 10.2.